The number of amides is 1. The van der Waals surface area contributed by atoms with E-state index in [4.69, 9.17) is 0 Å². The summed E-state index contributed by atoms with van der Waals surface area (Å²) in [5, 5.41) is 6.95. The number of piperidine rings is 1. The van der Waals surface area contributed by atoms with Gasteiger partial charge in [0, 0.05) is 35.4 Å². The smallest absolute Gasteiger partial charge is 0.321 e. The highest BCUT2D eigenvalue weighted by Crippen LogP contribution is 2.29. The molecule has 1 N–H and O–H groups in total. The summed E-state index contributed by atoms with van der Waals surface area (Å²) in [6, 6.07) is 13.1. The Labute approximate surface area is 268 Å². The predicted molar refractivity (Wildman–Crippen MR) is 177 cm³/mol. The van der Waals surface area contributed by atoms with Gasteiger partial charge >= 0.3 is 6.18 Å². The number of nitrogens with zero attached hydrogens (tertiary/aromatic N) is 5. The van der Waals surface area contributed by atoms with Crippen LogP contribution in [0.3, 0.4) is 0 Å². The van der Waals surface area contributed by atoms with Gasteiger partial charge in [0.25, 0.3) is 5.91 Å². The summed E-state index contributed by atoms with van der Waals surface area (Å²) in [4.78, 5) is 23.0. The van der Waals surface area contributed by atoms with Gasteiger partial charge in [-0.3, -0.25) is 19.5 Å². The molecule has 0 atom stereocenters. The maximum absolute atomic E-state index is 12.9. The van der Waals surface area contributed by atoms with Crippen molar-refractivity contribution in [2.24, 2.45) is 4.99 Å². The molecule has 2 aromatic heterocycles. The molecule has 0 bridgehead atoms. The van der Waals surface area contributed by atoms with Crippen molar-refractivity contribution in [1.29, 1.82) is 0 Å². The van der Waals surface area contributed by atoms with Gasteiger partial charge in [0.15, 0.2) is 0 Å². The molecule has 4 aromatic rings. The minimum absolute atomic E-state index is 0.321. The number of benzene rings is 2. The van der Waals surface area contributed by atoms with Gasteiger partial charge in [0.2, 0.25) is 0 Å². The number of hydrogen-bond acceptors (Lipinski definition) is 5. The molecule has 0 saturated carbocycles. The molecule has 7 nitrogen and oxygen atoms in total. The molecule has 1 aliphatic heterocycles. The van der Waals surface area contributed by atoms with Crippen LogP contribution >= 0.6 is 0 Å². The lowest BCUT2D eigenvalue weighted by Gasteiger charge is -2.28. The number of carbonyl (C=O) groups is 1. The van der Waals surface area contributed by atoms with Crippen molar-refractivity contribution >= 4 is 23.5 Å². The summed E-state index contributed by atoms with van der Waals surface area (Å²) in [6.07, 6.45) is 5.65. The van der Waals surface area contributed by atoms with Crippen molar-refractivity contribution in [2.45, 2.75) is 59.2 Å². The van der Waals surface area contributed by atoms with E-state index in [1.807, 2.05) is 51.4 Å². The maximum Gasteiger partial charge on any atom is 0.416 e. The fraction of sp³-hybridized carbons (Fsp3) is 0.333. The van der Waals surface area contributed by atoms with Gasteiger partial charge in [-0.05, 0) is 113 Å². The van der Waals surface area contributed by atoms with Gasteiger partial charge in [-0.1, -0.05) is 30.9 Å². The third kappa shape index (κ3) is 9.62. The summed E-state index contributed by atoms with van der Waals surface area (Å²) in [5.74, 6) is 5.47. The van der Waals surface area contributed by atoms with Crippen LogP contribution in [0.4, 0.5) is 24.5 Å². The lowest BCUT2D eigenvalue weighted by Crippen LogP contribution is -2.31. The molecule has 1 aliphatic rings. The summed E-state index contributed by atoms with van der Waals surface area (Å²) < 4.78 is 40.8. The number of rotatable bonds is 5. The Morgan fingerprint density at radius 3 is 2.46 bits per heavy atom. The van der Waals surface area contributed by atoms with Crippen LogP contribution in [-0.2, 0) is 6.18 Å². The molecule has 1 fully saturated rings. The zero-order valence-electron chi connectivity index (χ0n) is 26.8. The fourth-order valence-corrected chi connectivity index (χ4v) is 4.81. The van der Waals surface area contributed by atoms with Gasteiger partial charge in [0.05, 0.1) is 23.5 Å². The Bertz CT molecular complexity index is 1740. The summed E-state index contributed by atoms with van der Waals surface area (Å²) in [5.41, 5.74) is 4.70. The van der Waals surface area contributed by atoms with Crippen LogP contribution < -0.4 is 5.32 Å². The van der Waals surface area contributed by atoms with E-state index >= 15 is 0 Å². The highest BCUT2D eigenvalue weighted by molar-refractivity contribution is 6.03. The summed E-state index contributed by atoms with van der Waals surface area (Å²) in [7, 11) is 2.19. The minimum atomic E-state index is -4.55. The maximum atomic E-state index is 12.9. The molecule has 5 rings (SSSR count). The van der Waals surface area contributed by atoms with Crippen molar-refractivity contribution < 1.29 is 18.0 Å². The first-order valence-corrected chi connectivity index (χ1v) is 15.2. The van der Waals surface area contributed by atoms with Gasteiger partial charge in [-0.25, -0.2) is 0 Å². The molecule has 0 radical (unpaired) electrons. The first-order valence-electron chi connectivity index (χ1n) is 15.2. The molecule has 1 amide bonds. The Morgan fingerprint density at radius 2 is 1.78 bits per heavy atom. The first kappa shape index (κ1) is 34.1. The summed E-state index contributed by atoms with van der Waals surface area (Å²) >= 11 is 0. The average Bonchev–Trinajstić information content (AvgIpc) is 3.47. The standard InChI is InChI=1S/C26H22F3N3O.C10H17N3/c1-4-12-30-23-14-19(7-5-18(23)3)8-9-20-15-22(10-6-17(20)2)32-25(33)24-16-21(11-13-31-24)26(27,28)29;1-9-7-11-13(8-9)10-3-5-12(2)6-4-10/h5-7,10-16H,4H2,1-3H3,(H,32,33);7-8,10H,3-6H2,1-2H3. The molecule has 240 valence electrons. The van der Waals surface area contributed by atoms with Crippen LogP contribution in [0.2, 0.25) is 0 Å². The molecule has 0 spiro atoms. The van der Waals surface area contributed by atoms with E-state index in [9.17, 15) is 18.0 Å². The van der Waals surface area contributed by atoms with E-state index in [1.54, 1.807) is 18.2 Å². The number of aryl methyl sites for hydroxylation is 3. The Hall–Kier alpha value is -4.75. The predicted octanol–water partition coefficient (Wildman–Crippen LogP) is 7.94. The molecule has 10 heteroatoms. The van der Waals surface area contributed by atoms with E-state index in [2.05, 4.69) is 62.0 Å². The van der Waals surface area contributed by atoms with Crippen molar-refractivity contribution in [3.05, 3.63) is 106 Å². The quantitative estimate of drug-likeness (QED) is 0.180. The number of aliphatic imine (C=N–C) groups is 1. The first-order chi connectivity index (χ1) is 21.9. The molecule has 1 saturated heterocycles. The molecule has 2 aromatic carbocycles. The highest BCUT2D eigenvalue weighted by Gasteiger charge is 2.31. The molecule has 46 heavy (non-hydrogen) atoms. The van der Waals surface area contributed by atoms with Crippen molar-refractivity contribution in [1.82, 2.24) is 19.7 Å². The number of halogens is 3. The van der Waals surface area contributed by atoms with E-state index < -0.39 is 17.6 Å². The third-order valence-electron chi connectivity index (χ3n) is 7.57. The van der Waals surface area contributed by atoms with E-state index in [0.29, 0.717) is 17.3 Å². The second-order valence-electron chi connectivity index (χ2n) is 11.4. The van der Waals surface area contributed by atoms with Crippen molar-refractivity contribution in [3.8, 4) is 11.8 Å². The molecule has 0 aliphatic carbocycles. The number of carbonyl (C=O) groups excluding carboxylic acids is 1. The molecular formula is C36H39F3N6O. The number of nitrogens with one attached hydrogen (secondary N) is 1. The van der Waals surface area contributed by atoms with Crippen LogP contribution in [0.5, 0.6) is 0 Å². The van der Waals surface area contributed by atoms with Gasteiger partial charge in [-0.2, -0.15) is 18.3 Å². The van der Waals surface area contributed by atoms with E-state index in [1.165, 1.54) is 31.5 Å². The minimum Gasteiger partial charge on any atom is -0.321 e. The third-order valence-corrected chi connectivity index (χ3v) is 7.57. The SMILES string of the molecule is CCC=Nc1cc(C#Cc2cc(NC(=O)c3cc(C(F)(F)F)ccn3)ccc2C)ccc1C.Cc1cnn(C2CCN(C)CC2)c1. The fourth-order valence-electron chi connectivity index (χ4n) is 4.81. The van der Waals surface area contributed by atoms with Crippen LogP contribution in [0.15, 0.2) is 72.1 Å². The average molecular weight is 629 g/mol. The second-order valence-corrected chi connectivity index (χ2v) is 11.4. The second kappa shape index (κ2) is 15.5. The van der Waals surface area contributed by atoms with E-state index in [0.717, 1.165) is 47.1 Å². The Kier molecular flexibility index (Phi) is 11.5. The molecular weight excluding hydrogens is 589 g/mol. The zero-order chi connectivity index (χ0) is 33.3. The number of alkyl halides is 3. The number of hydrogen-bond donors (Lipinski definition) is 1. The van der Waals surface area contributed by atoms with Crippen LogP contribution in [0.1, 0.15) is 76.1 Å². The number of likely N-dealkylation sites (tertiary alicyclic amines) is 1. The summed E-state index contributed by atoms with van der Waals surface area (Å²) in [6.45, 7) is 10.4. The van der Waals surface area contributed by atoms with Crippen LogP contribution in [0, 0.1) is 32.6 Å². The number of aromatic nitrogens is 3. The van der Waals surface area contributed by atoms with Crippen LogP contribution in [-0.4, -0.2) is 51.9 Å². The Balaban J connectivity index is 0.000000305. The topological polar surface area (TPSA) is 75.4 Å². The van der Waals surface area contributed by atoms with Gasteiger partial charge in [-0.15, -0.1) is 0 Å². The lowest BCUT2D eigenvalue weighted by atomic mass is 10.1. The van der Waals surface area contributed by atoms with Gasteiger partial charge < -0.3 is 10.2 Å². The largest absolute Gasteiger partial charge is 0.416 e. The number of pyridine rings is 1. The zero-order valence-corrected chi connectivity index (χ0v) is 26.8. The number of anilines is 1. The molecule has 3 heterocycles. The van der Waals surface area contributed by atoms with Crippen molar-refractivity contribution in [2.75, 3.05) is 25.5 Å². The Morgan fingerprint density at radius 1 is 1.04 bits per heavy atom. The highest BCUT2D eigenvalue weighted by atomic mass is 19.4. The van der Waals surface area contributed by atoms with E-state index in [-0.39, 0.29) is 5.69 Å². The van der Waals surface area contributed by atoms with Gasteiger partial charge in [0.1, 0.15) is 5.69 Å². The normalized spacial score (nSPS) is 13.9. The van der Waals surface area contributed by atoms with Crippen LogP contribution in [0.25, 0.3) is 0 Å². The lowest BCUT2D eigenvalue weighted by molar-refractivity contribution is -0.137. The monoisotopic (exact) mass is 628 g/mol. The van der Waals surface area contributed by atoms with Crippen molar-refractivity contribution in [3.63, 3.8) is 0 Å². The molecule has 0 unspecified atom stereocenters.